The third-order valence-electron chi connectivity index (χ3n) is 6.37. The lowest BCUT2D eigenvalue weighted by atomic mass is 10.1. The molecule has 9 heteroatoms. The molecule has 0 bridgehead atoms. The predicted molar refractivity (Wildman–Crippen MR) is 151 cm³/mol. The number of carbonyl (C=O) groups excluding carboxylic acids is 1. The van der Waals surface area contributed by atoms with Crippen molar-refractivity contribution in [3.63, 3.8) is 0 Å². The second-order valence-corrected chi connectivity index (χ2v) is 9.40. The summed E-state index contributed by atoms with van der Waals surface area (Å²) < 4.78 is 24.6. The molecule has 0 unspecified atom stereocenters. The topological polar surface area (TPSA) is 85.9 Å². The number of hydrogen-bond acceptors (Lipinski definition) is 5. The number of imidazole rings is 1. The lowest BCUT2D eigenvalue weighted by Gasteiger charge is -2.17. The fourth-order valence-corrected chi connectivity index (χ4v) is 4.41. The first-order valence-corrected chi connectivity index (χ1v) is 13.0. The molecule has 2 heterocycles. The Kier molecular flexibility index (Phi) is 8.37. The quantitative estimate of drug-likeness (QED) is 0.209. The molecule has 0 saturated heterocycles. The van der Waals surface area contributed by atoms with Crippen LogP contribution in [0.5, 0.6) is 23.0 Å². The van der Waals surface area contributed by atoms with Gasteiger partial charge in [0.2, 0.25) is 6.33 Å². The van der Waals surface area contributed by atoms with Gasteiger partial charge in [0, 0.05) is 12.1 Å². The van der Waals surface area contributed by atoms with Crippen molar-refractivity contribution in [1.29, 1.82) is 0 Å². The molecule has 1 amide bonds. The van der Waals surface area contributed by atoms with Crippen molar-refractivity contribution in [2.75, 3.05) is 14.2 Å². The highest BCUT2D eigenvalue weighted by Crippen LogP contribution is 2.39. The van der Waals surface area contributed by atoms with Crippen LogP contribution in [0, 0.1) is 0 Å². The largest absolute Gasteiger partial charge is 0.497 e. The molecule has 0 aliphatic heterocycles. The number of aromatic nitrogens is 2. The molecule has 5 rings (SSSR count). The second-order valence-electron chi connectivity index (χ2n) is 9.02. The molecule has 5 aromatic rings. The van der Waals surface area contributed by atoms with Gasteiger partial charge in [0.15, 0.2) is 17.0 Å². The zero-order valence-corrected chi connectivity index (χ0v) is 22.9. The SMILES string of the molecule is COc1ccc(COc2ccc(C(=O)NCc3ccc4c[nH]c[n+]4c3)c(Cl)c2OCc2ccc(OC)cc2)cc1. The van der Waals surface area contributed by atoms with Gasteiger partial charge in [-0.25, -0.2) is 9.38 Å². The molecule has 0 radical (unpaired) electrons. The molecule has 204 valence electrons. The number of rotatable bonds is 11. The number of nitrogens with zero attached hydrogens (tertiary/aromatic N) is 1. The van der Waals surface area contributed by atoms with Gasteiger partial charge < -0.3 is 24.3 Å². The number of fused-ring (bicyclic) bond motifs is 1. The summed E-state index contributed by atoms with van der Waals surface area (Å²) in [6, 6.07) is 22.4. The van der Waals surface area contributed by atoms with E-state index in [2.05, 4.69) is 10.3 Å². The molecule has 2 N–H and O–H groups in total. The molecule has 0 aliphatic rings. The van der Waals surface area contributed by atoms with E-state index in [1.54, 1.807) is 26.4 Å². The zero-order chi connectivity index (χ0) is 27.9. The fourth-order valence-electron chi connectivity index (χ4n) is 4.12. The number of pyridine rings is 1. The average Bonchev–Trinajstić information content (AvgIpc) is 3.47. The Morgan fingerprint density at radius 2 is 1.45 bits per heavy atom. The van der Waals surface area contributed by atoms with Crippen LogP contribution in [0.2, 0.25) is 5.02 Å². The van der Waals surface area contributed by atoms with Crippen LogP contribution in [0.1, 0.15) is 27.0 Å². The first-order valence-electron chi connectivity index (χ1n) is 12.6. The number of methoxy groups -OCH3 is 2. The summed E-state index contributed by atoms with van der Waals surface area (Å²) in [7, 11) is 3.24. The van der Waals surface area contributed by atoms with Crippen LogP contribution in [0.4, 0.5) is 0 Å². The summed E-state index contributed by atoms with van der Waals surface area (Å²) in [5, 5.41) is 3.12. The first-order chi connectivity index (χ1) is 19.5. The molecule has 8 nitrogen and oxygen atoms in total. The molecule has 3 aromatic carbocycles. The Balaban J connectivity index is 1.35. The predicted octanol–water partition coefficient (Wildman–Crippen LogP) is 5.51. The smallest absolute Gasteiger partial charge is 0.253 e. The number of nitrogens with one attached hydrogen (secondary N) is 2. The van der Waals surface area contributed by atoms with E-state index in [0.717, 1.165) is 33.7 Å². The minimum absolute atomic E-state index is 0.175. The fraction of sp³-hybridized carbons (Fsp3) is 0.161. The highest BCUT2D eigenvalue weighted by molar-refractivity contribution is 6.35. The Morgan fingerprint density at radius 3 is 2.10 bits per heavy atom. The van der Waals surface area contributed by atoms with Crippen LogP contribution in [0.15, 0.2) is 91.5 Å². The van der Waals surface area contributed by atoms with Gasteiger partial charge in [-0.15, -0.1) is 0 Å². The van der Waals surface area contributed by atoms with Crippen molar-refractivity contribution >= 4 is 23.0 Å². The highest BCUT2D eigenvalue weighted by Gasteiger charge is 2.20. The van der Waals surface area contributed by atoms with E-state index < -0.39 is 0 Å². The molecular formula is C31H29ClN3O5+. The van der Waals surface area contributed by atoms with Crippen molar-refractivity contribution in [2.45, 2.75) is 19.8 Å². The van der Waals surface area contributed by atoms with Gasteiger partial charge >= 0.3 is 0 Å². The third kappa shape index (κ3) is 6.30. The van der Waals surface area contributed by atoms with Crippen LogP contribution in [-0.4, -0.2) is 25.1 Å². The van der Waals surface area contributed by atoms with Crippen LogP contribution in [-0.2, 0) is 19.8 Å². The van der Waals surface area contributed by atoms with E-state index in [9.17, 15) is 4.79 Å². The standard InChI is InChI=1S/C31H28ClN3O5/c1-37-25-9-4-21(5-10-25)18-39-28-14-13-27(29(32)30(28)40-19-22-6-11-26(38-2)12-7-22)31(36)34-15-23-3-8-24-16-33-20-35(24)17-23/h3-14,16-17,20H,15,18-19H2,1-2H3,(H,34,36)/p+1. The monoisotopic (exact) mass is 558 g/mol. The van der Waals surface area contributed by atoms with E-state index in [-0.39, 0.29) is 24.1 Å². The number of hydrogen-bond donors (Lipinski definition) is 2. The van der Waals surface area contributed by atoms with Crippen LogP contribution in [0.3, 0.4) is 0 Å². The minimum Gasteiger partial charge on any atom is -0.497 e. The first kappa shape index (κ1) is 26.9. The summed E-state index contributed by atoms with van der Waals surface area (Å²) >= 11 is 6.78. The van der Waals surface area contributed by atoms with E-state index in [4.69, 9.17) is 30.5 Å². The summed E-state index contributed by atoms with van der Waals surface area (Å²) in [6.45, 7) is 0.840. The number of carbonyl (C=O) groups is 1. The molecule has 2 aromatic heterocycles. The molecule has 40 heavy (non-hydrogen) atoms. The van der Waals surface area contributed by atoms with Crippen molar-refractivity contribution < 1.29 is 28.1 Å². The Labute approximate surface area is 237 Å². The number of H-pyrrole nitrogens is 1. The molecule has 0 atom stereocenters. The molecular weight excluding hydrogens is 530 g/mol. The highest BCUT2D eigenvalue weighted by atomic mass is 35.5. The maximum atomic E-state index is 13.2. The van der Waals surface area contributed by atoms with E-state index in [1.807, 2.05) is 83.8 Å². The zero-order valence-electron chi connectivity index (χ0n) is 22.1. The number of aromatic amines is 1. The summed E-state index contributed by atoms with van der Waals surface area (Å²) in [5.74, 6) is 1.92. The maximum Gasteiger partial charge on any atom is 0.253 e. The summed E-state index contributed by atoms with van der Waals surface area (Å²) in [5.41, 5.74) is 4.11. The molecule has 0 spiro atoms. The Hall–Kier alpha value is -4.69. The molecule has 0 fully saturated rings. The van der Waals surface area contributed by atoms with Gasteiger partial charge in [0.25, 0.3) is 5.91 Å². The van der Waals surface area contributed by atoms with Crippen LogP contribution < -0.4 is 28.7 Å². The van der Waals surface area contributed by atoms with E-state index in [0.29, 0.717) is 23.6 Å². The van der Waals surface area contributed by atoms with Crippen LogP contribution >= 0.6 is 11.6 Å². The van der Waals surface area contributed by atoms with E-state index >= 15 is 0 Å². The number of halogens is 1. The lowest BCUT2D eigenvalue weighted by molar-refractivity contribution is -0.511. The van der Waals surface area contributed by atoms with Gasteiger partial charge in [-0.1, -0.05) is 35.9 Å². The Morgan fingerprint density at radius 1 is 0.825 bits per heavy atom. The Bertz CT molecular complexity index is 1600. The third-order valence-corrected chi connectivity index (χ3v) is 6.75. The second kappa shape index (κ2) is 12.4. The minimum atomic E-state index is -0.319. The van der Waals surface area contributed by atoms with Gasteiger partial charge in [0.1, 0.15) is 37.1 Å². The van der Waals surface area contributed by atoms with Gasteiger partial charge in [-0.05, 0) is 59.7 Å². The number of benzene rings is 3. The number of amides is 1. The molecule has 0 saturated carbocycles. The van der Waals surface area contributed by atoms with Crippen molar-refractivity contribution in [3.8, 4) is 23.0 Å². The molecule has 0 aliphatic carbocycles. The van der Waals surface area contributed by atoms with Crippen molar-refractivity contribution in [2.24, 2.45) is 0 Å². The van der Waals surface area contributed by atoms with E-state index in [1.165, 1.54) is 0 Å². The van der Waals surface area contributed by atoms with Crippen LogP contribution in [0.25, 0.3) is 5.52 Å². The van der Waals surface area contributed by atoms with Crippen molar-refractivity contribution in [1.82, 2.24) is 10.3 Å². The maximum absolute atomic E-state index is 13.2. The van der Waals surface area contributed by atoms with Gasteiger partial charge in [-0.3, -0.25) is 4.79 Å². The van der Waals surface area contributed by atoms with Gasteiger partial charge in [0.05, 0.1) is 24.8 Å². The van der Waals surface area contributed by atoms with Crippen molar-refractivity contribution in [3.05, 3.63) is 119 Å². The summed E-state index contributed by atoms with van der Waals surface area (Å²) in [4.78, 5) is 16.2. The lowest BCUT2D eigenvalue weighted by Crippen LogP contribution is -2.25. The normalized spacial score (nSPS) is 10.8. The summed E-state index contributed by atoms with van der Waals surface area (Å²) in [6.07, 6.45) is 5.69. The average molecular weight is 559 g/mol. The number of ether oxygens (including phenoxy) is 4. The van der Waals surface area contributed by atoms with Gasteiger partial charge in [-0.2, -0.15) is 0 Å².